The van der Waals surface area contributed by atoms with Crippen LogP contribution in [0, 0.1) is 18.8 Å². The third-order valence-corrected chi connectivity index (χ3v) is 3.05. The number of hydrogen-bond acceptors (Lipinski definition) is 2. The number of aryl methyl sites for hydroxylation is 1. The summed E-state index contributed by atoms with van der Waals surface area (Å²) >= 11 is 0. The van der Waals surface area contributed by atoms with Crippen molar-refractivity contribution < 1.29 is 0 Å². The van der Waals surface area contributed by atoms with Crippen molar-refractivity contribution in [3.8, 4) is 0 Å². The molecule has 0 saturated heterocycles. The highest BCUT2D eigenvalue weighted by molar-refractivity contribution is 5.24. The summed E-state index contributed by atoms with van der Waals surface area (Å²) in [5.74, 6) is 0.874. The van der Waals surface area contributed by atoms with Gasteiger partial charge in [-0.3, -0.25) is 0 Å². The zero-order chi connectivity index (χ0) is 11.4. The average molecular weight is 206 g/mol. The molecule has 0 aromatic heterocycles. The highest BCUT2D eigenvalue weighted by Gasteiger charge is 2.20. The Labute approximate surface area is 92.7 Å². The Kier molecular flexibility index (Phi) is 4.30. The van der Waals surface area contributed by atoms with E-state index in [2.05, 4.69) is 45.0 Å². The fourth-order valence-corrected chi connectivity index (χ4v) is 1.87. The molecule has 1 rings (SSSR count). The van der Waals surface area contributed by atoms with Gasteiger partial charge in [-0.15, -0.1) is 0 Å². The van der Waals surface area contributed by atoms with Gasteiger partial charge in [-0.1, -0.05) is 43.7 Å². The Morgan fingerprint density at radius 2 is 1.67 bits per heavy atom. The van der Waals surface area contributed by atoms with E-state index in [-0.39, 0.29) is 6.04 Å². The van der Waals surface area contributed by atoms with Crippen molar-refractivity contribution in [1.82, 2.24) is 0 Å². The van der Waals surface area contributed by atoms with Crippen LogP contribution < -0.4 is 11.5 Å². The Hall–Kier alpha value is -0.860. The van der Waals surface area contributed by atoms with Crippen molar-refractivity contribution >= 4 is 0 Å². The molecule has 0 radical (unpaired) electrons. The molecule has 0 heterocycles. The molecule has 2 nitrogen and oxygen atoms in total. The van der Waals surface area contributed by atoms with E-state index >= 15 is 0 Å². The molecule has 4 N–H and O–H groups in total. The Balaban J connectivity index is 2.82. The summed E-state index contributed by atoms with van der Waals surface area (Å²) in [4.78, 5) is 0. The molecule has 0 bridgehead atoms. The molecule has 1 aromatic rings. The third kappa shape index (κ3) is 3.05. The van der Waals surface area contributed by atoms with Gasteiger partial charge in [0, 0.05) is 6.04 Å². The summed E-state index contributed by atoms with van der Waals surface area (Å²) in [5, 5.41) is 0. The second kappa shape index (κ2) is 5.29. The van der Waals surface area contributed by atoms with Crippen molar-refractivity contribution in [3.63, 3.8) is 0 Å². The standard InChI is InChI=1S/C13H22N2/c1-9(2)12(8-14)13(15)11-6-4-10(3)5-7-11/h4-7,9,12-13H,8,14-15H2,1-3H3. The lowest BCUT2D eigenvalue weighted by atomic mass is 9.85. The first-order chi connectivity index (χ1) is 7.06. The smallest absolute Gasteiger partial charge is 0.0338 e. The lowest BCUT2D eigenvalue weighted by Crippen LogP contribution is -2.31. The van der Waals surface area contributed by atoms with E-state index in [9.17, 15) is 0 Å². The maximum atomic E-state index is 6.22. The van der Waals surface area contributed by atoms with E-state index in [1.807, 2.05) is 0 Å². The van der Waals surface area contributed by atoms with Crippen LogP contribution in [0.3, 0.4) is 0 Å². The first kappa shape index (κ1) is 12.2. The molecule has 0 aliphatic rings. The average Bonchev–Trinajstić information content (AvgIpc) is 2.19. The van der Waals surface area contributed by atoms with Gasteiger partial charge in [0.05, 0.1) is 0 Å². The van der Waals surface area contributed by atoms with Crippen LogP contribution in [-0.4, -0.2) is 6.54 Å². The number of hydrogen-bond donors (Lipinski definition) is 2. The van der Waals surface area contributed by atoms with Gasteiger partial charge in [0.2, 0.25) is 0 Å². The summed E-state index contributed by atoms with van der Waals surface area (Å²) in [6.07, 6.45) is 0. The van der Waals surface area contributed by atoms with Crippen LogP contribution in [0.1, 0.15) is 31.0 Å². The first-order valence-corrected chi connectivity index (χ1v) is 5.58. The topological polar surface area (TPSA) is 52.0 Å². The second-order valence-electron chi connectivity index (χ2n) is 4.58. The highest BCUT2D eigenvalue weighted by atomic mass is 14.7. The third-order valence-electron chi connectivity index (χ3n) is 3.05. The van der Waals surface area contributed by atoms with Crippen LogP contribution in [-0.2, 0) is 0 Å². The fraction of sp³-hybridized carbons (Fsp3) is 0.538. The Bertz CT molecular complexity index is 290. The largest absolute Gasteiger partial charge is 0.330 e. The summed E-state index contributed by atoms with van der Waals surface area (Å²) in [5.41, 5.74) is 14.4. The molecule has 2 atom stereocenters. The molecule has 2 unspecified atom stereocenters. The lowest BCUT2D eigenvalue weighted by molar-refractivity contribution is 0.331. The van der Waals surface area contributed by atoms with Gasteiger partial charge in [-0.25, -0.2) is 0 Å². The summed E-state index contributed by atoms with van der Waals surface area (Å²) < 4.78 is 0. The number of benzene rings is 1. The molecule has 0 aliphatic carbocycles. The van der Waals surface area contributed by atoms with Crippen molar-refractivity contribution in [2.75, 3.05) is 6.54 Å². The normalized spacial score (nSPS) is 15.3. The van der Waals surface area contributed by atoms with Gasteiger partial charge in [0.25, 0.3) is 0 Å². The van der Waals surface area contributed by atoms with E-state index in [0.717, 1.165) is 0 Å². The predicted octanol–water partition coefficient (Wildman–Crippen LogP) is 2.23. The molecular weight excluding hydrogens is 184 g/mol. The van der Waals surface area contributed by atoms with Gasteiger partial charge in [-0.2, -0.15) is 0 Å². The molecule has 0 aliphatic heterocycles. The maximum absolute atomic E-state index is 6.22. The van der Waals surface area contributed by atoms with E-state index < -0.39 is 0 Å². The van der Waals surface area contributed by atoms with Crippen LogP contribution in [0.5, 0.6) is 0 Å². The van der Waals surface area contributed by atoms with Crippen molar-refractivity contribution in [2.24, 2.45) is 23.3 Å². The number of nitrogens with two attached hydrogens (primary N) is 2. The van der Waals surface area contributed by atoms with Crippen LogP contribution in [0.2, 0.25) is 0 Å². The number of rotatable bonds is 4. The van der Waals surface area contributed by atoms with Crippen LogP contribution in [0.15, 0.2) is 24.3 Å². The van der Waals surface area contributed by atoms with Gasteiger partial charge in [0.15, 0.2) is 0 Å². The Morgan fingerprint density at radius 1 is 1.13 bits per heavy atom. The fourth-order valence-electron chi connectivity index (χ4n) is 1.87. The molecular formula is C13H22N2. The molecule has 15 heavy (non-hydrogen) atoms. The first-order valence-electron chi connectivity index (χ1n) is 5.58. The highest BCUT2D eigenvalue weighted by Crippen LogP contribution is 2.25. The molecule has 0 spiro atoms. The van der Waals surface area contributed by atoms with Crippen LogP contribution in [0.25, 0.3) is 0 Å². The van der Waals surface area contributed by atoms with E-state index in [1.54, 1.807) is 0 Å². The summed E-state index contributed by atoms with van der Waals surface area (Å²) in [6, 6.07) is 8.46. The van der Waals surface area contributed by atoms with Crippen LogP contribution >= 0.6 is 0 Å². The minimum absolute atomic E-state index is 0.0515. The quantitative estimate of drug-likeness (QED) is 0.793. The maximum Gasteiger partial charge on any atom is 0.0338 e. The molecule has 1 aromatic carbocycles. The minimum atomic E-state index is 0.0515. The Morgan fingerprint density at radius 3 is 2.07 bits per heavy atom. The second-order valence-corrected chi connectivity index (χ2v) is 4.58. The van der Waals surface area contributed by atoms with E-state index in [0.29, 0.717) is 18.4 Å². The summed E-state index contributed by atoms with van der Waals surface area (Å²) in [6.45, 7) is 7.07. The van der Waals surface area contributed by atoms with Crippen molar-refractivity contribution in [1.29, 1.82) is 0 Å². The van der Waals surface area contributed by atoms with Crippen molar-refractivity contribution in [3.05, 3.63) is 35.4 Å². The molecule has 0 fully saturated rings. The molecule has 0 amide bonds. The zero-order valence-corrected chi connectivity index (χ0v) is 9.90. The molecule has 0 saturated carbocycles. The molecule has 2 heteroatoms. The van der Waals surface area contributed by atoms with Gasteiger partial charge in [-0.05, 0) is 30.9 Å². The van der Waals surface area contributed by atoms with Gasteiger partial charge >= 0.3 is 0 Å². The van der Waals surface area contributed by atoms with Gasteiger partial charge in [0.1, 0.15) is 0 Å². The lowest BCUT2D eigenvalue weighted by Gasteiger charge is -2.26. The monoisotopic (exact) mass is 206 g/mol. The van der Waals surface area contributed by atoms with Crippen molar-refractivity contribution in [2.45, 2.75) is 26.8 Å². The minimum Gasteiger partial charge on any atom is -0.330 e. The predicted molar refractivity (Wildman–Crippen MR) is 65.5 cm³/mol. The molecule has 84 valence electrons. The van der Waals surface area contributed by atoms with Crippen LogP contribution in [0.4, 0.5) is 0 Å². The van der Waals surface area contributed by atoms with E-state index in [4.69, 9.17) is 11.5 Å². The zero-order valence-electron chi connectivity index (χ0n) is 9.90. The SMILES string of the molecule is Cc1ccc(C(N)C(CN)C(C)C)cc1. The van der Waals surface area contributed by atoms with Gasteiger partial charge < -0.3 is 11.5 Å². The van der Waals surface area contributed by atoms with E-state index in [1.165, 1.54) is 11.1 Å². The summed E-state index contributed by atoms with van der Waals surface area (Å²) in [7, 11) is 0.